The first-order chi connectivity index (χ1) is 8.75. The molecule has 0 spiro atoms. The zero-order chi connectivity index (χ0) is 12.8. The molecule has 1 aromatic carbocycles. The first-order valence-corrected chi connectivity index (χ1v) is 6.53. The number of hydrogen-bond acceptors (Lipinski definition) is 2. The number of rotatable bonds is 6. The zero-order valence-corrected chi connectivity index (χ0v) is 11.1. The summed E-state index contributed by atoms with van der Waals surface area (Å²) < 4.78 is 1.97. The SMILES string of the molecule is NC(=S)CCCCn1cc(-c2ccccc2)cn1. The topological polar surface area (TPSA) is 43.8 Å². The van der Waals surface area contributed by atoms with Crippen molar-refractivity contribution in [2.24, 2.45) is 5.73 Å². The fraction of sp³-hybridized carbons (Fsp3) is 0.286. The molecule has 0 saturated carbocycles. The second kappa shape index (κ2) is 6.31. The van der Waals surface area contributed by atoms with Gasteiger partial charge in [0.2, 0.25) is 0 Å². The third kappa shape index (κ3) is 3.67. The van der Waals surface area contributed by atoms with Crippen molar-refractivity contribution in [3.05, 3.63) is 42.7 Å². The fourth-order valence-corrected chi connectivity index (χ4v) is 1.98. The Morgan fingerprint density at radius 2 is 1.94 bits per heavy atom. The number of nitrogens with zero attached hydrogens (tertiary/aromatic N) is 2. The summed E-state index contributed by atoms with van der Waals surface area (Å²) in [6.45, 7) is 0.912. The van der Waals surface area contributed by atoms with E-state index in [1.807, 2.05) is 29.1 Å². The van der Waals surface area contributed by atoms with E-state index in [1.165, 1.54) is 5.56 Å². The molecule has 4 heteroatoms. The van der Waals surface area contributed by atoms with Gasteiger partial charge >= 0.3 is 0 Å². The summed E-state index contributed by atoms with van der Waals surface area (Å²) in [5.74, 6) is 0. The van der Waals surface area contributed by atoms with Crippen LogP contribution in [0.4, 0.5) is 0 Å². The highest BCUT2D eigenvalue weighted by atomic mass is 32.1. The van der Waals surface area contributed by atoms with E-state index >= 15 is 0 Å². The molecule has 0 radical (unpaired) electrons. The van der Waals surface area contributed by atoms with Gasteiger partial charge in [-0.2, -0.15) is 5.10 Å². The molecule has 2 N–H and O–H groups in total. The fourth-order valence-electron chi connectivity index (χ4n) is 1.84. The number of benzene rings is 1. The van der Waals surface area contributed by atoms with Crippen molar-refractivity contribution in [3.8, 4) is 11.1 Å². The highest BCUT2D eigenvalue weighted by Gasteiger charge is 2.00. The van der Waals surface area contributed by atoms with Gasteiger partial charge in [-0.3, -0.25) is 4.68 Å². The smallest absolute Gasteiger partial charge is 0.0727 e. The molecule has 0 bridgehead atoms. The van der Waals surface area contributed by atoms with Crippen LogP contribution >= 0.6 is 12.2 Å². The van der Waals surface area contributed by atoms with Gasteiger partial charge in [0, 0.05) is 18.3 Å². The Kier molecular flexibility index (Phi) is 4.47. The highest BCUT2D eigenvalue weighted by molar-refractivity contribution is 7.80. The molecule has 0 aliphatic heterocycles. The Hall–Kier alpha value is -1.68. The average molecular weight is 259 g/mol. The molecule has 0 amide bonds. The van der Waals surface area contributed by atoms with E-state index in [9.17, 15) is 0 Å². The van der Waals surface area contributed by atoms with Crippen molar-refractivity contribution in [2.75, 3.05) is 0 Å². The van der Waals surface area contributed by atoms with Gasteiger partial charge in [0.1, 0.15) is 0 Å². The Labute approximate surface area is 113 Å². The molecular formula is C14H17N3S. The Morgan fingerprint density at radius 1 is 1.17 bits per heavy atom. The lowest BCUT2D eigenvalue weighted by molar-refractivity contribution is 0.564. The second-order valence-corrected chi connectivity index (χ2v) is 4.81. The van der Waals surface area contributed by atoms with Crippen LogP contribution in [0.2, 0.25) is 0 Å². The van der Waals surface area contributed by atoms with E-state index in [0.717, 1.165) is 31.4 Å². The maximum absolute atomic E-state index is 5.46. The van der Waals surface area contributed by atoms with Crippen LogP contribution < -0.4 is 5.73 Å². The van der Waals surface area contributed by atoms with Crippen molar-refractivity contribution >= 4 is 17.2 Å². The molecule has 1 heterocycles. The van der Waals surface area contributed by atoms with Crippen LogP contribution in [0.5, 0.6) is 0 Å². The summed E-state index contributed by atoms with van der Waals surface area (Å²) in [5.41, 5.74) is 7.82. The van der Waals surface area contributed by atoms with Crippen molar-refractivity contribution in [2.45, 2.75) is 25.8 Å². The van der Waals surface area contributed by atoms with Gasteiger partial charge in [0.05, 0.1) is 11.2 Å². The van der Waals surface area contributed by atoms with E-state index in [4.69, 9.17) is 18.0 Å². The van der Waals surface area contributed by atoms with E-state index in [0.29, 0.717) is 4.99 Å². The van der Waals surface area contributed by atoms with Crippen LogP contribution in [0.1, 0.15) is 19.3 Å². The highest BCUT2D eigenvalue weighted by Crippen LogP contribution is 2.17. The molecule has 1 aromatic heterocycles. The molecule has 0 fully saturated rings. The van der Waals surface area contributed by atoms with E-state index in [1.54, 1.807) is 0 Å². The Balaban J connectivity index is 1.89. The molecule has 2 rings (SSSR count). The van der Waals surface area contributed by atoms with Crippen LogP contribution in [0, 0.1) is 0 Å². The first-order valence-electron chi connectivity index (χ1n) is 6.12. The molecule has 0 unspecified atom stereocenters. The molecule has 18 heavy (non-hydrogen) atoms. The van der Waals surface area contributed by atoms with Crippen LogP contribution in [-0.2, 0) is 6.54 Å². The molecule has 0 atom stereocenters. The number of hydrogen-bond donors (Lipinski definition) is 1. The summed E-state index contributed by atoms with van der Waals surface area (Å²) in [6, 6.07) is 10.3. The predicted molar refractivity (Wildman–Crippen MR) is 78.3 cm³/mol. The Bertz CT molecular complexity index is 505. The third-order valence-corrected chi connectivity index (χ3v) is 3.00. The zero-order valence-electron chi connectivity index (χ0n) is 10.2. The van der Waals surface area contributed by atoms with Crippen LogP contribution in [0.3, 0.4) is 0 Å². The molecule has 0 aliphatic rings. The first kappa shape index (κ1) is 12.8. The maximum atomic E-state index is 5.46. The van der Waals surface area contributed by atoms with Gasteiger partial charge in [0.25, 0.3) is 0 Å². The van der Waals surface area contributed by atoms with E-state index < -0.39 is 0 Å². The monoisotopic (exact) mass is 259 g/mol. The maximum Gasteiger partial charge on any atom is 0.0727 e. The van der Waals surface area contributed by atoms with Crippen molar-refractivity contribution in [1.29, 1.82) is 0 Å². The normalized spacial score (nSPS) is 10.4. The number of nitrogens with two attached hydrogens (primary N) is 1. The number of aromatic nitrogens is 2. The lowest BCUT2D eigenvalue weighted by atomic mass is 10.1. The molecule has 0 saturated heterocycles. The third-order valence-electron chi connectivity index (χ3n) is 2.80. The minimum atomic E-state index is 0.598. The quantitative estimate of drug-likeness (QED) is 0.640. The van der Waals surface area contributed by atoms with Crippen LogP contribution in [0.25, 0.3) is 11.1 Å². The number of thiocarbonyl (C=S) groups is 1. The average Bonchev–Trinajstić information content (AvgIpc) is 2.84. The lowest BCUT2D eigenvalue weighted by Gasteiger charge is -2.01. The van der Waals surface area contributed by atoms with Crippen molar-refractivity contribution in [1.82, 2.24) is 9.78 Å². The van der Waals surface area contributed by atoms with Gasteiger partial charge in [-0.25, -0.2) is 0 Å². The number of unbranched alkanes of at least 4 members (excludes halogenated alkanes) is 1. The van der Waals surface area contributed by atoms with E-state index in [-0.39, 0.29) is 0 Å². The van der Waals surface area contributed by atoms with Gasteiger partial charge in [-0.1, -0.05) is 42.5 Å². The summed E-state index contributed by atoms with van der Waals surface area (Å²) in [4.78, 5) is 0.598. The summed E-state index contributed by atoms with van der Waals surface area (Å²) in [5, 5.41) is 4.36. The predicted octanol–water partition coefficient (Wildman–Crippen LogP) is 3.01. The van der Waals surface area contributed by atoms with Gasteiger partial charge < -0.3 is 5.73 Å². The largest absolute Gasteiger partial charge is 0.393 e. The molecular weight excluding hydrogens is 242 g/mol. The number of aryl methyl sites for hydroxylation is 1. The van der Waals surface area contributed by atoms with E-state index in [2.05, 4.69) is 23.4 Å². The summed E-state index contributed by atoms with van der Waals surface area (Å²) in [7, 11) is 0. The lowest BCUT2D eigenvalue weighted by Crippen LogP contribution is -2.07. The van der Waals surface area contributed by atoms with Crippen LogP contribution in [0.15, 0.2) is 42.7 Å². The molecule has 94 valence electrons. The molecule has 0 aliphatic carbocycles. The Morgan fingerprint density at radius 3 is 2.67 bits per heavy atom. The molecule has 2 aromatic rings. The second-order valence-electron chi connectivity index (χ2n) is 4.28. The van der Waals surface area contributed by atoms with Crippen LogP contribution in [-0.4, -0.2) is 14.8 Å². The minimum absolute atomic E-state index is 0.598. The van der Waals surface area contributed by atoms with Crippen molar-refractivity contribution in [3.63, 3.8) is 0 Å². The molecule has 3 nitrogen and oxygen atoms in total. The van der Waals surface area contributed by atoms with Gasteiger partial charge in [-0.15, -0.1) is 0 Å². The summed E-state index contributed by atoms with van der Waals surface area (Å²) in [6.07, 6.45) is 6.88. The minimum Gasteiger partial charge on any atom is -0.393 e. The van der Waals surface area contributed by atoms with Gasteiger partial charge in [-0.05, 0) is 24.8 Å². The standard InChI is InChI=1S/C14H17N3S/c15-14(18)8-4-5-9-17-11-13(10-16-17)12-6-2-1-3-7-12/h1-3,6-7,10-11H,4-5,8-9H2,(H2,15,18). The van der Waals surface area contributed by atoms with Gasteiger partial charge in [0.15, 0.2) is 0 Å². The van der Waals surface area contributed by atoms with Crippen molar-refractivity contribution < 1.29 is 0 Å². The summed E-state index contributed by atoms with van der Waals surface area (Å²) >= 11 is 4.85.